The van der Waals surface area contributed by atoms with Gasteiger partial charge in [-0.15, -0.1) is 0 Å². The number of rotatable bonds is 6. The number of aryl methyl sites for hydroxylation is 1. The Hall–Kier alpha value is -0.630. The molecule has 0 saturated heterocycles. The van der Waals surface area contributed by atoms with Gasteiger partial charge >= 0.3 is 0 Å². The highest BCUT2D eigenvalue weighted by Gasteiger charge is 2.22. The first-order valence-electron chi connectivity index (χ1n) is 6.29. The highest BCUT2D eigenvalue weighted by Crippen LogP contribution is 2.21. The zero-order chi connectivity index (χ0) is 13.9. The Morgan fingerprint density at radius 1 is 1.53 bits per heavy atom. The van der Waals surface area contributed by atoms with Gasteiger partial charge in [0.25, 0.3) is 10.0 Å². The van der Waals surface area contributed by atoms with E-state index in [0.29, 0.717) is 6.61 Å². The zero-order valence-electron chi connectivity index (χ0n) is 10.8. The minimum atomic E-state index is -3.66. The Bertz CT molecular complexity index is 523. The lowest BCUT2D eigenvalue weighted by atomic mass is 10.3. The summed E-state index contributed by atoms with van der Waals surface area (Å²) in [5.41, 5.74) is 0. The molecular formula is C11H18ClN3O3S. The first-order chi connectivity index (χ1) is 9.00. The van der Waals surface area contributed by atoms with E-state index in [1.54, 1.807) is 7.05 Å². The molecule has 0 amide bonds. The second kappa shape index (κ2) is 6.21. The molecular weight excluding hydrogens is 290 g/mol. The molecule has 0 radical (unpaired) electrons. The van der Waals surface area contributed by atoms with Crippen LogP contribution in [0.4, 0.5) is 0 Å². The lowest BCUT2D eigenvalue weighted by molar-refractivity contribution is 0.0626. The normalized spacial score (nSPS) is 17.2. The largest absolute Gasteiger partial charge is 0.377 e. The molecule has 0 atom stereocenters. The first kappa shape index (κ1) is 14.8. The minimum Gasteiger partial charge on any atom is -0.377 e. The maximum atomic E-state index is 11.9. The van der Waals surface area contributed by atoms with Crippen molar-refractivity contribution in [1.29, 1.82) is 0 Å². The fraction of sp³-hybridized carbons (Fsp3) is 0.727. The van der Waals surface area contributed by atoms with E-state index in [2.05, 4.69) is 9.71 Å². The molecule has 1 aliphatic rings. The second-order valence-electron chi connectivity index (χ2n) is 4.63. The number of nitrogens with one attached hydrogen (secondary N) is 1. The standard InChI is InChI=1S/C11H18ClN3O3S/c1-15-8-13-11(10(15)12)19(16,17)14-6-7-18-9-4-2-3-5-9/h8-9,14H,2-7H2,1H3. The van der Waals surface area contributed by atoms with Gasteiger partial charge in [-0.05, 0) is 12.8 Å². The van der Waals surface area contributed by atoms with E-state index < -0.39 is 10.0 Å². The molecule has 1 N–H and O–H groups in total. The summed E-state index contributed by atoms with van der Waals surface area (Å²) in [6, 6.07) is 0. The molecule has 1 heterocycles. The van der Waals surface area contributed by atoms with Gasteiger partial charge in [-0.25, -0.2) is 18.1 Å². The second-order valence-corrected chi connectivity index (χ2v) is 6.67. The highest BCUT2D eigenvalue weighted by atomic mass is 35.5. The zero-order valence-corrected chi connectivity index (χ0v) is 12.4. The van der Waals surface area contributed by atoms with E-state index in [0.717, 1.165) is 12.8 Å². The van der Waals surface area contributed by atoms with Crippen LogP contribution in [-0.4, -0.2) is 37.2 Å². The molecule has 108 valence electrons. The van der Waals surface area contributed by atoms with Gasteiger partial charge in [-0.3, -0.25) is 0 Å². The molecule has 1 fully saturated rings. The van der Waals surface area contributed by atoms with Crippen LogP contribution in [0.25, 0.3) is 0 Å². The molecule has 0 aliphatic heterocycles. The van der Waals surface area contributed by atoms with E-state index in [9.17, 15) is 8.42 Å². The molecule has 0 spiro atoms. The Balaban J connectivity index is 1.82. The van der Waals surface area contributed by atoms with Crippen molar-refractivity contribution < 1.29 is 13.2 Å². The lowest BCUT2D eigenvalue weighted by Crippen LogP contribution is -2.29. The van der Waals surface area contributed by atoms with Gasteiger partial charge in [0.2, 0.25) is 5.03 Å². The molecule has 0 unspecified atom stereocenters. The van der Waals surface area contributed by atoms with Gasteiger partial charge in [0.05, 0.1) is 19.0 Å². The monoisotopic (exact) mass is 307 g/mol. The van der Waals surface area contributed by atoms with Crippen LogP contribution < -0.4 is 4.72 Å². The molecule has 0 bridgehead atoms. The van der Waals surface area contributed by atoms with Crippen LogP contribution in [0.1, 0.15) is 25.7 Å². The van der Waals surface area contributed by atoms with E-state index in [-0.39, 0.29) is 22.8 Å². The number of imidazole rings is 1. The Morgan fingerprint density at radius 3 is 2.79 bits per heavy atom. The minimum absolute atomic E-state index is 0.101. The number of ether oxygens (including phenoxy) is 1. The smallest absolute Gasteiger partial charge is 0.261 e. The van der Waals surface area contributed by atoms with Crippen LogP contribution in [0.2, 0.25) is 5.15 Å². The number of aromatic nitrogens is 2. The van der Waals surface area contributed by atoms with Gasteiger partial charge in [-0.1, -0.05) is 24.4 Å². The Morgan fingerprint density at radius 2 is 2.21 bits per heavy atom. The van der Waals surface area contributed by atoms with E-state index in [1.807, 2.05) is 0 Å². The third-order valence-electron chi connectivity index (χ3n) is 3.14. The summed E-state index contributed by atoms with van der Waals surface area (Å²) >= 11 is 5.86. The average molecular weight is 308 g/mol. The molecule has 0 aromatic carbocycles. The summed E-state index contributed by atoms with van der Waals surface area (Å²) in [6.07, 6.45) is 6.17. The SMILES string of the molecule is Cn1cnc(S(=O)(=O)NCCOC2CCCC2)c1Cl. The predicted molar refractivity (Wildman–Crippen MR) is 71.6 cm³/mol. The van der Waals surface area contributed by atoms with Crippen molar-refractivity contribution in [2.24, 2.45) is 7.05 Å². The summed E-state index contributed by atoms with van der Waals surface area (Å²) in [5.74, 6) is 0. The number of nitrogens with zero attached hydrogens (tertiary/aromatic N) is 2. The van der Waals surface area contributed by atoms with Crippen molar-refractivity contribution in [1.82, 2.24) is 14.3 Å². The highest BCUT2D eigenvalue weighted by molar-refractivity contribution is 7.89. The van der Waals surface area contributed by atoms with Crippen molar-refractivity contribution in [3.05, 3.63) is 11.5 Å². The predicted octanol–water partition coefficient (Wildman–Crippen LogP) is 1.31. The number of hydrogen-bond acceptors (Lipinski definition) is 4. The van der Waals surface area contributed by atoms with Gasteiger partial charge in [0, 0.05) is 13.6 Å². The topological polar surface area (TPSA) is 73.2 Å². The van der Waals surface area contributed by atoms with Crippen LogP contribution >= 0.6 is 11.6 Å². The summed E-state index contributed by atoms with van der Waals surface area (Å²) in [4.78, 5) is 3.78. The van der Waals surface area contributed by atoms with Crippen molar-refractivity contribution in [3.63, 3.8) is 0 Å². The maximum Gasteiger partial charge on any atom is 0.261 e. The quantitative estimate of drug-likeness (QED) is 0.804. The Kier molecular flexibility index (Phi) is 4.83. The van der Waals surface area contributed by atoms with Crippen molar-refractivity contribution >= 4 is 21.6 Å². The van der Waals surface area contributed by atoms with Crippen LogP contribution in [0.3, 0.4) is 0 Å². The van der Waals surface area contributed by atoms with E-state index in [1.165, 1.54) is 23.7 Å². The number of halogens is 1. The molecule has 1 aliphatic carbocycles. The van der Waals surface area contributed by atoms with Gasteiger partial charge in [-0.2, -0.15) is 0 Å². The average Bonchev–Trinajstić information content (AvgIpc) is 2.97. The van der Waals surface area contributed by atoms with Crippen LogP contribution in [0, 0.1) is 0 Å². The third kappa shape index (κ3) is 3.68. The van der Waals surface area contributed by atoms with Crippen molar-refractivity contribution in [3.8, 4) is 0 Å². The van der Waals surface area contributed by atoms with Gasteiger partial charge in [0.1, 0.15) is 5.15 Å². The van der Waals surface area contributed by atoms with Gasteiger partial charge < -0.3 is 9.30 Å². The molecule has 1 aromatic rings. The summed E-state index contributed by atoms with van der Waals surface area (Å²) in [5, 5.41) is -0.0401. The summed E-state index contributed by atoms with van der Waals surface area (Å²) in [6.45, 7) is 0.597. The Labute approximate surface area is 118 Å². The fourth-order valence-corrected chi connectivity index (χ4v) is 3.54. The number of sulfonamides is 1. The van der Waals surface area contributed by atoms with Gasteiger partial charge in [0.15, 0.2) is 0 Å². The molecule has 19 heavy (non-hydrogen) atoms. The van der Waals surface area contributed by atoms with E-state index in [4.69, 9.17) is 16.3 Å². The molecule has 2 rings (SSSR count). The molecule has 1 saturated carbocycles. The molecule has 6 nitrogen and oxygen atoms in total. The van der Waals surface area contributed by atoms with Crippen LogP contribution in [-0.2, 0) is 21.8 Å². The third-order valence-corrected chi connectivity index (χ3v) is 5.09. The summed E-state index contributed by atoms with van der Waals surface area (Å²) < 4.78 is 33.3. The number of hydrogen-bond donors (Lipinski definition) is 1. The fourth-order valence-electron chi connectivity index (χ4n) is 2.10. The molecule has 8 heteroatoms. The molecule has 1 aromatic heterocycles. The van der Waals surface area contributed by atoms with E-state index >= 15 is 0 Å². The van der Waals surface area contributed by atoms with Crippen LogP contribution in [0.15, 0.2) is 11.4 Å². The van der Waals surface area contributed by atoms with Crippen molar-refractivity contribution in [2.45, 2.75) is 36.8 Å². The first-order valence-corrected chi connectivity index (χ1v) is 8.15. The lowest BCUT2D eigenvalue weighted by Gasteiger charge is -2.11. The summed E-state index contributed by atoms with van der Waals surface area (Å²) in [7, 11) is -2.02. The van der Waals surface area contributed by atoms with Crippen molar-refractivity contribution in [2.75, 3.05) is 13.2 Å². The van der Waals surface area contributed by atoms with Crippen LogP contribution in [0.5, 0.6) is 0 Å². The maximum absolute atomic E-state index is 11.9.